The number of amides is 1. The third-order valence-corrected chi connectivity index (χ3v) is 5.46. The normalized spacial score (nSPS) is 11.8. The highest BCUT2D eigenvalue weighted by Crippen LogP contribution is 2.32. The Morgan fingerprint density at radius 2 is 1.88 bits per heavy atom. The lowest BCUT2D eigenvalue weighted by molar-refractivity contribution is -0.115. The molecule has 0 fully saturated rings. The van der Waals surface area contributed by atoms with Crippen molar-refractivity contribution >= 4 is 34.1 Å². The molecule has 0 aliphatic heterocycles. The van der Waals surface area contributed by atoms with Crippen LogP contribution in [0.5, 0.6) is 5.75 Å². The second-order valence-corrected chi connectivity index (χ2v) is 7.54. The van der Waals surface area contributed by atoms with Gasteiger partial charge in [0.25, 0.3) is 0 Å². The van der Waals surface area contributed by atoms with E-state index in [1.165, 1.54) is 23.1 Å². The van der Waals surface area contributed by atoms with Gasteiger partial charge in [-0.25, -0.2) is 4.98 Å². The van der Waals surface area contributed by atoms with Crippen molar-refractivity contribution in [2.75, 3.05) is 12.4 Å². The number of ether oxygens (including phenoxy) is 1. The topological polar surface area (TPSA) is 51.2 Å². The molecular formula is C19H18N2O2S2. The van der Waals surface area contributed by atoms with E-state index in [0.717, 1.165) is 21.9 Å². The largest absolute Gasteiger partial charge is 0.496 e. The molecule has 1 aromatic heterocycles. The van der Waals surface area contributed by atoms with Crippen molar-refractivity contribution < 1.29 is 9.53 Å². The molecule has 1 heterocycles. The Bertz CT molecular complexity index is 849. The van der Waals surface area contributed by atoms with E-state index >= 15 is 0 Å². The standard InChI is InChI=1S/C19H18N2O2S2/c1-13(25-17-11-7-6-10-16(17)23-2)18(22)21-19-20-15(12-24-19)14-8-4-3-5-9-14/h3-13H,1-2H3,(H,20,21,22). The number of carbonyl (C=O) groups is 1. The van der Waals surface area contributed by atoms with Crippen molar-refractivity contribution in [3.05, 3.63) is 60.0 Å². The number of aromatic nitrogens is 1. The van der Waals surface area contributed by atoms with Gasteiger partial charge in [-0.1, -0.05) is 42.5 Å². The Hall–Kier alpha value is -2.31. The predicted molar refractivity (Wildman–Crippen MR) is 104 cm³/mol. The van der Waals surface area contributed by atoms with Gasteiger partial charge in [0.2, 0.25) is 5.91 Å². The lowest BCUT2D eigenvalue weighted by Crippen LogP contribution is -2.22. The second-order valence-electron chi connectivity index (χ2n) is 5.30. The first-order valence-corrected chi connectivity index (χ1v) is 9.55. The van der Waals surface area contributed by atoms with Crippen LogP contribution in [0.1, 0.15) is 6.92 Å². The minimum absolute atomic E-state index is 0.0788. The third-order valence-electron chi connectivity index (χ3n) is 3.55. The van der Waals surface area contributed by atoms with Crippen LogP contribution in [-0.2, 0) is 4.79 Å². The number of methoxy groups -OCH3 is 1. The molecule has 3 rings (SSSR count). The highest BCUT2D eigenvalue weighted by molar-refractivity contribution is 8.00. The van der Waals surface area contributed by atoms with Crippen LogP contribution >= 0.6 is 23.1 Å². The first-order chi connectivity index (χ1) is 12.2. The molecule has 0 aliphatic rings. The van der Waals surface area contributed by atoms with E-state index in [-0.39, 0.29) is 11.2 Å². The zero-order valence-electron chi connectivity index (χ0n) is 13.9. The van der Waals surface area contributed by atoms with E-state index in [0.29, 0.717) is 5.13 Å². The van der Waals surface area contributed by atoms with Crippen LogP contribution in [0.15, 0.2) is 64.9 Å². The maximum absolute atomic E-state index is 12.5. The second kappa shape index (κ2) is 8.18. The molecule has 128 valence electrons. The van der Waals surface area contributed by atoms with Crippen LogP contribution in [0.3, 0.4) is 0 Å². The number of nitrogens with zero attached hydrogens (tertiary/aromatic N) is 1. The van der Waals surface area contributed by atoms with Crippen LogP contribution in [0.25, 0.3) is 11.3 Å². The molecule has 1 unspecified atom stereocenters. The highest BCUT2D eigenvalue weighted by Gasteiger charge is 2.18. The minimum Gasteiger partial charge on any atom is -0.496 e. The molecule has 0 saturated carbocycles. The number of hydrogen-bond acceptors (Lipinski definition) is 5. The first-order valence-electron chi connectivity index (χ1n) is 7.79. The number of benzene rings is 2. The molecule has 0 radical (unpaired) electrons. The van der Waals surface area contributed by atoms with Crippen LogP contribution in [0, 0.1) is 0 Å². The first kappa shape index (κ1) is 17.5. The zero-order valence-corrected chi connectivity index (χ0v) is 15.6. The number of hydrogen-bond donors (Lipinski definition) is 1. The number of para-hydroxylation sites is 1. The third kappa shape index (κ3) is 4.41. The van der Waals surface area contributed by atoms with Crippen molar-refractivity contribution in [3.8, 4) is 17.0 Å². The van der Waals surface area contributed by atoms with Gasteiger partial charge in [-0.15, -0.1) is 23.1 Å². The van der Waals surface area contributed by atoms with Gasteiger partial charge in [0, 0.05) is 10.9 Å². The summed E-state index contributed by atoms with van der Waals surface area (Å²) in [6.45, 7) is 1.87. The molecule has 1 amide bonds. The number of thiazole rings is 1. The molecule has 1 atom stereocenters. The molecule has 4 nitrogen and oxygen atoms in total. The molecule has 2 aromatic carbocycles. The Morgan fingerprint density at radius 3 is 2.64 bits per heavy atom. The summed E-state index contributed by atoms with van der Waals surface area (Å²) in [7, 11) is 1.63. The van der Waals surface area contributed by atoms with E-state index in [9.17, 15) is 4.79 Å². The quantitative estimate of drug-likeness (QED) is 0.625. The Kier molecular flexibility index (Phi) is 5.73. The van der Waals surface area contributed by atoms with Gasteiger partial charge in [0.05, 0.1) is 22.9 Å². The summed E-state index contributed by atoms with van der Waals surface area (Å²) in [6.07, 6.45) is 0. The van der Waals surface area contributed by atoms with Crippen LogP contribution < -0.4 is 10.1 Å². The number of anilines is 1. The van der Waals surface area contributed by atoms with Gasteiger partial charge >= 0.3 is 0 Å². The number of carbonyl (C=O) groups excluding carboxylic acids is 1. The van der Waals surface area contributed by atoms with E-state index in [1.807, 2.05) is 66.9 Å². The number of thioether (sulfide) groups is 1. The SMILES string of the molecule is COc1ccccc1SC(C)C(=O)Nc1nc(-c2ccccc2)cs1. The highest BCUT2D eigenvalue weighted by atomic mass is 32.2. The molecule has 6 heteroatoms. The van der Waals surface area contributed by atoms with Gasteiger partial charge in [0.15, 0.2) is 5.13 Å². The Balaban J connectivity index is 1.65. The summed E-state index contributed by atoms with van der Waals surface area (Å²) in [6, 6.07) is 17.6. The van der Waals surface area contributed by atoms with Gasteiger partial charge < -0.3 is 10.1 Å². The summed E-state index contributed by atoms with van der Waals surface area (Å²) in [5.41, 5.74) is 1.90. The molecule has 0 saturated heterocycles. The van der Waals surface area contributed by atoms with Crippen molar-refractivity contribution in [3.63, 3.8) is 0 Å². The summed E-state index contributed by atoms with van der Waals surface area (Å²) < 4.78 is 5.33. The van der Waals surface area contributed by atoms with Crippen LogP contribution in [-0.4, -0.2) is 23.3 Å². The van der Waals surface area contributed by atoms with Crippen molar-refractivity contribution in [1.82, 2.24) is 4.98 Å². The average Bonchev–Trinajstić information content (AvgIpc) is 3.11. The monoisotopic (exact) mass is 370 g/mol. The molecule has 0 bridgehead atoms. The fourth-order valence-electron chi connectivity index (χ4n) is 2.24. The van der Waals surface area contributed by atoms with Gasteiger partial charge in [-0.3, -0.25) is 4.79 Å². The van der Waals surface area contributed by atoms with Crippen molar-refractivity contribution in [1.29, 1.82) is 0 Å². The maximum Gasteiger partial charge on any atom is 0.239 e. The number of nitrogens with one attached hydrogen (secondary N) is 1. The summed E-state index contributed by atoms with van der Waals surface area (Å²) in [4.78, 5) is 17.9. The molecule has 3 aromatic rings. The Morgan fingerprint density at radius 1 is 1.16 bits per heavy atom. The van der Waals surface area contributed by atoms with E-state index in [2.05, 4.69) is 10.3 Å². The van der Waals surface area contributed by atoms with Gasteiger partial charge in [-0.2, -0.15) is 0 Å². The Labute approximate surface area is 155 Å². The molecule has 0 aliphatic carbocycles. The van der Waals surface area contributed by atoms with E-state index in [4.69, 9.17) is 4.74 Å². The lowest BCUT2D eigenvalue weighted by Gasteiger charge is -2.12. The van der Waals surface area contributed by atoms with E-state index < -0.39 is 0 Å². The summed E-state index contributed by atoms with van der Waals surface area (Å²) >= 11 is 2.89. The van der Waals surface area contributed by atoms with Crippen LogP contribution in [0.4, 0.5) is 5.13 Å². The fourth-order valence-corrected chi connectivity index (χ4v) is 3.93. The van der Waals surface area contributed by atoms with Gasteiger partial charge in [0.1, 0.15) is 5.75 Å². The van der Waals surface area contributed by atoms with Crippen molar-refractivity contribution in [2.45, 2.75) is 17.1 Å². The molecule has 1 N–H and O–H groups in total. The fraction of sp³-hybridized carbons (Fsp3) is 0.158. The molecule has 25 heavy (non-hydrogen) atoms. The minimum atomic E-state index is -0.264. The average molecular weight is 370 g/mol. The summed E-state index contributed by atoms with van der Waals surface area (Å²) in [5, 5.41) is 5.19. The predicted octanol–water partition coefficient (Wildman–Crippen LogP) is 4.94. The summed E-state index contributed by atoms with van der Waals surface area (Å²) in [5.74, 6) is 0.692. The lowest BCUT2D eigenvalue weighted by atomic mass is 10.2. The van der Waals surface area contributed by atoms with Crippen molar-refractivity contribution in [2.24, 2.45) is 0 Å². The number of rotatable bonds is 6. The van der Waals surface area contributed by atoms with E-state index in [1.54, 1.807) is 7.11 Å². The molecule has 0 spiro atoms. The smallest absolute Gasteiger partial charge is 0.239 e. The van der Waals surface area contributed by atoms with Crippen LogP contribution in [0.2, 0.25) is 0 Å². The zero-order chi connectivity index (χ0) is 17.6. The van der Waals surface area contributed by atoms with Gasteiger partial charge in [-0.05, 0) is 19.1 Å². The molecular weight excluding hydrogens is 352 g/mol. The maximum atomic E-state index is 12.5.